The van der Waals surface area contributed by atoms with E-state index < -0.39 is 0 Å². The molecule has 0 saturated heterocycles. The molecule has 2 rings (SSSR count). The third kappa shape index (κ3) is 1.96. The van der Waals surface area contributed by atoms with Crippen LogP contribution in [0.5, 0.6) is 0 Å². The fourth-order valence-corrected chi connectivity index (χ4v) is 2.47. The van der Waals surface area contributed by atoms with Gasteiger partial charge in [0.05, 0.1) is 5.69 Å². The average molecular weight is 206 g/mol. The van der Waals surface area contributed by atoms with E-state index in [1.165, 1.54) is 5.69 Å². The zero-order valence-corrected chi connectivity index (χ0v) is 9.66. The van der Waals surface area contributed by atoms with Gasteiger partial charge in [-0.05, 0) is 31.7 Å². The first-order chi connectivity index (χ1) is 7.08. The Kier molecular flexibility index (Phi) is 2.63. The molecule has 0 bridgehead atoms. The number of aryl methyl sites for hydroxylation is 2. The minimum absolute atomic E-state index is 0.236. The van der Waals surface area contributed by atoms with Crippen molar-refractivity contribution in [3.8, 4) is 0 Å². The Balaban J connectivity index is 2.09. The summed E-state index contributed by atoms with van der Waals surface area (Å²) >= 11 is 0. The van der Waals surface area contributed by atoms with Crippen LogP contribution in [-0.2, 0) is 18.3 Å². The molecule has 82 valence electrons. The van der Waals surface area contributed by atoms with Crippen molar-refractivity contribution in [1.82, 2.24) is 9.78 Å². The van der Waals surface area contributed by atoms with Crippen molar-refractivity contribution < 1.29 is 4.79 Å². The standard InChI is InChI=1S/C12H18N2O/c1-8-6-11(14(3)13-8)7-10-4-5-12(15)9(10)2/h6,9-10H,4-5,7H2,1-3H3. The summed E-state index contributed by atoms with van der Waals surface area (Å²) in [7, 11) is 1.98. The number of rotatable bonds is 2. The molecule has 0 aromatic carbocycles. The summed E-state index contributed by atoms with van der Waals surface area (Å²) in [5, 5.41) is 4.33. The molecule has 1 aromatic rings. The molecule has 0 radical (unpaired) electrons. The second-order valence-corrected chi connectivity index (χ2v) is 4.66. The van der Waals surface area contributed by atoms with Gasteiger partial charge in [0, 0.05) is 25.1 Å². The van der Waals surface area contributed by atoms with Crippen LogP contribution in [0.25, 0.3) is 0 Å². The quantitative estimate of drug-likeness (QED) is 0.740. The smallest absolute Gasteiger partial charge is 0.136 e. The fourth-order valence-electron chi connectivity index (χ4n) is 2.47. The fraction of sp³-hybridized carbons (Fsp3) is 0.667. The molecule has 2 unspecified atom stereocenters. The van der Waals surface area contributed by atoms with E-state index in [2.05, 4.69) is 18.1 Å². The molecular weight excluding hydrogens is 188 g/mol. The van der Waals surface area contributed by atoms with Gasteiger partial charge in [-0.1, -0.05) is 6.92 Å². The van der Waals surface area contributed by atoms with Gasteiger partial charge in [0.1, 0.15) is 5.78 Å². The maximum absolute atomic E-state index is 11.4. The molecule has 0 N–H and O–H groups in total. The summed E-state index contributed by atoms with van der Waals surface area (Å²) in [6.07, 6.45) is 2.80. The number of hydrogen-bond acceptors (Lipinski definition) is 2. The molecule has 0 spiro atoms. The van der Waals surface area contributed by atoms with Gasteiger partial charge >= 0.3 is 0 Å². The maximum atomic E-state index is 11.4. The third-order valence-corrected chi connectivity index (χ3v) is 3.55. The zero-order chi connectivity index (χ0) is 11.0. The van der Waals surface area contributed by atoms with Gasteiger partial charge in [0.15, 0.2) is 0 Å². The van der Waals surface area contributed by atoms with E-state index in [-0.39, 0.29) is 5.92 Å². The Labute approximate surface area is 90.5 Å². The van der Waals surface area contributed by atoms with Crippen LogP contribution in [0.2, 0.25) is 0 Å². The molecule has 1 saturated carbocycles. The molecule has 0 amide bonds. The number of hydrogen-bond donors (Lipinski definition) is 0. The first kappa shape index (κ1) is 10.4. The highest BCUT2D eigenvalue weighted by Crippen LogP contribution is 2.31. The predicted octanol–water partition coefficient (Wildman–Crippen LogP) is 1.89. The highest BCUT2D eigenvalue weighted by atomic mass is 16.1. The monoisotopic (exact) mass is 206 g/mol. The van der Waals surface area contributed by atoms with E-state index in [0.29, 0.717) is 11.7 Å². The summed E-state index contributed by atoms with van der Waals surface area (Å²) in [6, 6.07) is 2.12. The summed E-state index contributed by atoms with van der Waals surface area (Å²) in [5.41, 5.74) is 2.31. The number of aromatic nitrogens is 2. The Morgan fingerprint density at radius 3 is 2.80 bits per heavy atom. The largest absolute Gasteiger partial charge is 0.299 e. The lowest BCUT2D eigenvalue weighted by molar-refractivity contribution is -0.120. The van der Waals surface area contributed by atoms with Gasteiger partial charge in [-0.3, -0.25) is 9.48 Å². The highest BCUT2D eigenvalue weighted by Gasteiger charge is 2.31. The number of carbonyl (C=O) groups is 1. The molecule has 1 aliphatic rings. The molecular formula is C12H18N2O. The van der Waals surface area contributed by atoms with E-state index in [0.717, 1.165) is 25.0 Å². The normalized spacial score (nSPS) is 26.2. The Morgan fingerprint density at radius 2 is 2.33 bits per heavy atom. The van der Waals surface area contributed by atoms with E-state index in [9.17, 15) is 4.79 Å². The summed E-state index contributed by atoms with van der Waals surface area (Å²) in [6.45, 7) is 4.07. The van der Waals surface area contributed by atoms with Crippen LogP contribution in [0.4, 0.5) is 0 Å². The van der Waals surface area contributed by atoms with Crippen LogP contribution in [0.1, 0.15) is 31.2 Å². The average Bonchev–Trinajstić information content (AvgIpc) is 2.64. The SMILES string of the molecule is Cc1cc(CC2CCC(=O)C2C)n(C)n1. The topological polar surface area (TPSA) is 34.9 Å². The second kappa shape index (κ2) is 3.80. The van der Waals surface area contributed by atoms with Crippen molar-refractivity contribution >= 4 is 5.78 Å². The number of nitrogens with zero attached hydrogens (tertiary/aromatic N) is 2. The molecule has 15 heavy (non-hydrogen) atoms. The molecule has 1 heterocycles. The van der Waals surface area contributed by atoms with Gasteiger partial charge in [-0.15, -0.1) is 0 Å². The van der Waals surface area contributed by atoms with Gasteiger partial charge in [-0.25, -0.2) is 0 Å². The molecule has 0 aliphatic heterocycles. The highest BCUT2D eigenvalue weighted by molar-refractivity contribution is 5.83. The van der Waals surface area contributed by atoms with E-state index in [1.807, 2.05) is 18.7 Å². The number of ketones is 1. The van der Waals surface area contributed by atoms with E-state index in [1.54, 1.807) is 0 Å². The lowest BCUT2D eigenvalue weighted by Gasteiger charge is -2.13. The lowest BCUT2D eigenvalue weighted by atomic mass is 9.93. The van der Waals surface area contributed by atoms with E-state index >= 15 is 0 Å². The molecule has 3 nitrogen and oxygen atoms in total. The molecule has 3 heteroatoms. The molecule has 1 aliphatic carbocycles. The zero-order valence-electron chi connectivity index (χ0n) is 9.66. The van der Waals surface area contributed by atoms with Crippen molar-refractivity contribution in [2.24, 2.45) is 18.9 Å². The summed E-state index contributed by atoms with van der Waals surface area (Å²) < 4.78 is 1.94. The summed E-state index contributed by atoms with van der Waals surface area (Å²) in [5.74, 6) is 1.19. The van der Waals surface area contributed by atoms with Crippen LogP contribution in [0.15, 0.2) is 6.07 Å². The predicted molar refractivity (Wildman–Crippen MR) is 58.5 cm³/mol. The van der Waals surface area contributed by atoms with Crippen LogP contribution in [0, 0.1) is 18.8 Å². The first-order valence-corrected chi connectivity index (χ1v) is 5.60. The Bertz CT molecular complexity index is 381. The van der Waals surface area contributed by atoms with Crippen molar-refractivity contribution in [3.05, 3.63) is 17.5 Å². The third-order valence-electron chi connectivity index (χ3n) is 3.55. The molecule has 2 atom stereocenters. The number of carbonyl (C=O) groups excluding carboxylic acids is 1. The summed E-state index contributed by atoms with van der Waals surface area (Å²) in [4.78, 5) is 11.4. The van der Waals surface area contributed by atoms with Crippen molar-refractivity contribution in [2.45, 2.75) is 33.1 Å². The minimum atomic E-state index is 0.236. The van der Waals surface area contributed by atoms with Gasteiger partial charge in [-0.2, -0.15) is 5.10 Å². The van der Waals surface area contributed by atoms with Crippen LogP contribution in [0.3, 0.4) is 0 Å². The van der Waals surface area contributed by atoms with Gasteiger partial charge in [0.25, 0.3) is 0 Å². The molecule has 1 aromatic heterocycles. The number of Topliss-reactive ketones (excluding diaryl/α,β-unsaturated/α-hetero) is 1. The van der Waals surface area contributed by atoms with Crippen LogP contribution < -0.4 is 0 Å². The van der Waals surface area contributed by atoms with Crippen molar-refractivity contribution in [3.63, 3.8) is 0 Å². The van der Waals surface area contributed by atoms with Gasteiger partial charge < -0.3 is 0 Å². The maximum Gasteiger partial charge on any atom is 0.136 e. The molecule has 1 fully saturated rings. The van der Waals surface area contributed by atoms with Gasteiger partial charge in [0.2, 0.25) is 0 Å². The van der Waals surface area contributed by atoms with E-state index in [4.69, 9.17) is 0 Å². The van der Waals surface area contributed by atoms with Crippen LogP contribution in [-0.4, -0.2) is 15.6 Å². The first-order valence-electron chi connectivity index (χ1n) is 5.60. The Hall–Kier alpha value is -1.12. The lowest BCUT2D eigenvalue weighted by Crippen LogP contribution is -2.14. The van der Waals surface area contributed by atoms with Crippen LogP contribution >= 0.6 is 0 Å². The van der Waals surface area contributed by atoms with Crippen molar-refractivity contribution in [1.29, 1.82) is 0 Å². The minimum Gasteiger partial charge on any atom is -0.299 e. The Morgan fingerprint density at radius 1 is 1.60 bits per heavy atom. The second-order valence-electron chi connectivity index (χ2n) is 4.66. The van der Waals surface area contributed by atoms with Crippen molar-refractivity contribution in [2.75, 3.05) is 0 Å².